The monoisotopic (exact) mass is 188 g/mol. The van der Waals surface area contributed by atoms with Crippen molar-refractivity contribution >= 4 is 0 Å². The highest BCUT2D eigenvalue weighted by Crippen LogP contribution is 2.34. The molecule has 74 valence electrons. The summed E-state index contributed by atoms with van der Waals surface area (Å²) < 4.78 is 27.0. The largest absolute Gasteiger partial charge is 0.347 e. The minimum Gasteiger partial charge on any atom is -0.347 e. The van der Waals surface area contributed by atoms with E-state index < -0.39 is 0 Å². The first-order chi connectivity index (χ1) is 6.36. The topological polar surface area (TPSA) is 46.2 Å². The predicted octanol–water partition coefficient (Wildman–Crippen LogP) is -0.154. The molecule has 0 bridgehead atoms. The lowest BCUT2D eigenvalue weighted by Crippen LogP contribution is -2.53. The molecule has 5 atom stereocenters. The van der Waals surface area contributed by atoms with Crippen LogP contribution in [-0.4, -0.2) is 44.3 Å². The highest BCUT2D eigenvalue weighted by Gasteiger charge is 2.52. The molecule has 5 nitrogen and oxygen atoms in total. The van der Waals surface area contributed by atoms with Gasteiger partial charge in [0, 0.05) is 0 Å². The molecule has 0 spiro atoms. The van der Waals surface area contributed by atoms with Gasteiger partial charge < -0.3 is 23.7 Å². The molecular weight excluding hydrogens is 176 g/mol. The normalized spacial score (nSPS) is 54.7. The molecule has 0 amide bonds. The fraction of sp³-hybridized carbons (Fsp3) is 1.00. The third-order valence-electron chi connectivity index (χ3n) is 2.74. The number of rotatable bonds is 0. The quantitative estimate of drug-likeness (QED) is 0.529. The Morgan fingerprint density at radius 3 is 2.46 bits per heavy atom. The summed E-state index contributed by atoms with van der Waals surface area (Å²) in [6.45, 7) is 2.58. The third-order valence-corrected chi connectivity index (χ3v) is 2.74. The molecule has 5 heteroatoms. The van der Waals surface area contributed by atoms with Gasteiger partial charge in [0.05, 0.1) is 6.10 Å². The van der Waals surface area contributed by atoms with Crippen LogP contribution in [0.2, 0.25) is 0 Å². The molecule has 0 aromatic carbocycles. The molecule has 0 radical (unpaired) electrons. The Kier molecular flexibility index (Phi) is 1.81. The minimum atomic E-state index is -0.280. The SMILES string of the molecule is C[C@@H]1O[C@H]2OCO[C@H]2[C@@H]2OCO[C@@H]21. The van der Waals surface area contributed by atoms with Gasteiger partial charge in [-0.2, -0.15) is 0 Å². The Labute approximate surface area is 75.8 Å². The van der Waals surface area contributed by atoms with Crippen LogP contribution in [0.3, 0.4) is 0 Å². The Balaban J connectivity index is 1.84. The maximum absolute atomic E-state index is 5.57. The van der Waals surface area contributed by atoms with E-state index in [0.29, 0.717) is 6.79 Å². The highest BCUT2D eigenvalue weighted by molar-refractivity contribution is 4.93. The molecule has 3 aliphatic heterocycles. The Morgan fingerprint density at radius 1 is 0.846 bits per heavy atom. The predicted molar refractivity (Wildman–Crippen MR) is 39.8 cm³/mol. The molecule has 3 rings (SSSR count). The molecule has 0 N–H and O–H groups in total. The van der Waals surface area contributed by atoms with E-state index in [1.54, 1.807) is 0 Å². The number of ether oxygens (including phenoxy) is 5. The van der Waals surface area contributed by atoms with E-state index in [1.165, 1.54) is 0 Å². The van der Waals surface area contributed by atoms with Crippen molar-refractivity contribution in [1.82, 2.24) is 0 Å². The third kappa shape index (κ3) is 1.12. The van der Waals surface area contributed by atoms with Crippen molar-refractivity contribution in [3.05, 3.63) is 0 Å². The van der Waals surface area contributed by atoms with Gasteiger partial charge >= 0.3 is 0 Å². The highest BCUT2D eigenvalue weighted by atomic mass is 16.8. The van der Waals surface area contributed by atoms with Crippen LogP contribution in [0.5, 0.6) is 0 Å². The standard InChI is InChI=1S/C8H12O5/c1-4-5-6(10-2-9-5)7-8(13-4)12-3-11-7/h4-8H,2-3H2,1H3/t4-,5+,6+,7-,8+/m0/s1. The van der Waals surface area contributed by atoms with E-state index in [4.69, 9.17) is 23.7 Å². The second kappa shape index (κ2) is 2.90. The van der Waals surface area contributed by atoms with E-state index in [-0.39, 0.29) is 37.5 Å². The molecule has 0 aliphatic carbocycles. The van der Waals surface area contributed by atoms with Gasteiger partial charge in [0.15, 0.2) is 13.1 Å². The van der Waals surface area contributed by atoms with Crippen molar-refractivity contribution < 1.29 is 23.7 Å². The Hall–Kier alpha value is -0.200. The minimum absolute atomic E-state index is 0.00968. The van der Waals surface area contributed by atoms with E-state index in [0.717, 1.165) is 0 Å². The molecule has 0 saturated carbocycles. The fourth-order valence-corrected chi connectivity index (χ4v) is 2.08. The van der Waals surface area contributed by atoms with Gasteiger partial charge in [-0.15, -0.1) is 0 Å². The number of hydrogen-bond acceptors (Lipinski definition) is 5. The van der Waals surface area contributed by atoms with Crippen molar-refractivity contribution in [3.8, 4) is 0 Å². The number of fused-ring (bicyclic) bond motifs is 3. The fourth-order valence-electron chi connectivity index (χ4n) is 2.08. The summed E-state index contributed by atoms with van der Waals surface area (Å²) >= 11 is 0. The molecule has 0 unspecified atom stereocenters. The molecular formula is C8H12O5. The van der Waals surface area contributed by atoms with Gasteiger partial charge in [0.1, 0.15) is 25.1 Å². The van der Waals surface area contributed by atoms with Crippen molar-refractivity contribution in [2.45, 2.75) is 37.6 Å². The lowest BCUT2D eigenvalue weighted by molar-refractivity contribution is -0.213. The van der Waals surface area contributed by atoms with E-state index >= 15 is 0 Å². The summed E-state index contributed by atoms with van der Waals surface area (Å²) in [6, 6.07) is 0. The molecule has 3 fully saturated rings. The van der Waals surface area contributed by atoms with Gasteiger partial charge in [0.25, 0.3) is 0 Å². The van der Waals surface area contributed by atoms with E-state index in [9.17, 15) is 0 Å². The second-order valence-electron chi connectivity index (χ2n) is 3.51. The van der Waals surface area contributed by atoms with Crippen molar-refractivity contribution in [3.63, 3.8) is 0 Å². The van der Waals surface area contributed by atoms with Gasteiger partial charge in [-0.05, 0) is 6.92 Å². The first-order valence-corrected chi connectivity index (χ1v) is 4.48. The average molecular weight is 188 g/mol. The maximum Gasteiger partial charge on any atom is 0.189 e. The zero-order valence-corrected chi connectivity index (χ0v) is 7.34. The zero-order valence-electron chi connectivity index (χ0n) is 7.34. The van der Waals surface area contributed by atoms with Crippen molar-refractivity contribution in [2.75, 3.05) is 13.6 Å². The van der Waals surface area contributed by atoms with Crippen LogP contribution in [-0.2, 0) is 23.7 Å². The van der Waals surface area contributed by atoms with Gasteiger partial charge in [-0.25, -0.2) is 0 Å². The van der Waals surface area contributed by atoms with Crippen LogP contribution in [0.25, 0.3) is 0 Å². The van der Waals surface area contributed by atoms with Crippen LogP contribution < -0.4 is 0 Å². The van der Waals surface area contributed by atoms with Crippen LogP contribution >= 0.6 is 0 Å². The molecule has 13 heavy (non-hydrogen) atoms. The Bertz CT molecular complexity index is 209. The van der Waals surface area contributed by atoms with Crippen LogP contribution in [0, 0.1) is 0 Å². The van der Waals surface area contributed by atoms with Gasteiger partial charge in [0.2, 0.25) is 0 Å². The van der Waals surface area contributed by atoms with E-state index in [1.807, 2.05) is 6.92 Å². The smallest absolute Gasteiger partial charge is 0.189 e. The van der Waals surface area contributed by atoms with Gasteiger partial charge in [-0.3, -0.25) is 0 Å². The van der Waals surface area contributed by atoms with Crippen LogP contribution in [0.15, 0.2) is 0 Å². The molecule has 0 aromatic heterocycles. The Morgan fingerprint density at radius 2 is 1.54 bits per heavy atom. The van der Waals surface area contributed by atoms with Crippen molar-refractivity contribution in [2.24, 2.45) is 0 Å². The lowest BCUT2D eigenvalue weighted by atomic mass is 10.0. The number of hydrogen-bond donors (Lipinski definition) is 0. The summed E-state index contributed by atoms with van der Waals surface area (Å²) in [5.41, 5.74) is 0. The molecule has 3 aliphatic rings. The molecule has 3 heterocycles. The first-order valence-electron chi connectivity index (χ1n) is 4.48. The van der Waals surface area contributed by atoms with Gasteiger partial charge in [-0.1, -0.05) is 0 Å². The van der Waals surface area contributed by atoms with Crippen molar-refractivity contribution in [1.29, 1.82) is 0 Å². The summed E-state index contributed by atoms with van der Waals surface area (Å²) in [5, 5.41) is 0. The van der Waals surface area contributed by atoms with Crippen LogP contribution in [0.4, 0.5) is 0 Å². The molecule has 3 saturated heterocycles. The molecule has 0 aromatic rings. The summed E-state index contributed by atoms with van der Waals surface area (Å²) in [7, 11) is 0. The van der Waals surface area contributed by atoms with Crippen LogP contribution in [0.1, 0.15) is 6.92 Å². The summed E-state index contributed by atoms with van der Waals surface area (Å²) in [6.07, 6.45) is -0.434. The van der Waals surface area contributed by atoms with E-state index in [2.05, 4.69) is 0 Å². The first kappa shape index (κ1) is 8.14. The summed E-state index contributed by atoms with van der Waals surface area (Å²) in [4.78, 5) is 0. The second-order valence-corrected chi connectivity index (χ2v) is 3.51. The lowest BCUT2D eigenvalue weighted by Gasteiger charge is -2.35. The summed E-state index contributed by atoms with van der Waals surface area (Å²) in [5.74, 6) is 0. The average Bonchev–Trinajstić information content (AvgIpc) is 2.66. The zero-order chi connectivity index (χ0) is 8.84. The maximum atomic E-state index is 5.57.